The van der Waals surface area contributed by atoms with Gasteiger partial charge in [0.15, 0.2) is 0 Å². The first-order chi connectivity index (χ1) is 14.6. The molecule has 2 aromatic rings. The number of rotatable bonds is 4. The van der Waals surface area contributed by atoms with E-state index in [1.807, 2.05) is 6.92 Å². The van der Waals surface area contributed by atoms with Gasteiger partial charge in [0.2, 0.25) is 16.0 Å². The summed E-state index contributed by atoms with van der Waals surface area (Å²) in [7, 11) is -2.18. The molecule has 2 unspecified atom stereocenters. The number of hydrogen-bond donors (Lipinski definition) is 1. The van der Waals surface area contributed by atoms with Crippen LogP contribution in [0.4, 0.5) is 10.3 Å². The lowest BCUT2D eigenvalue weighted by atomic mass is 9.75. The van der Waals surface area contributed by atoms with Crippen molar-refractivity contribution in [1.29, 1.82) is 0 Å². The van der Waals surface area contributed by atoms with Gasteiger partial charge in [-0.3, -0.25) is 4.79 Å². The molecule has 2 heterocycles. The van der Waals surface area contributed by atoms with Crippen molar-refractivity contribution in [2.75, 3.05) is 17.6 Å². The average molecular weight is 450 g/mol. The van der Waals surface area contributed by atoms with Crippen molar-refractivity contribution in [2.24, 2.45) is 0 Å². The number of aliphatic hydroxyl groups is 1. The van der Waals surface area contributed by atoms with E-state index in [9.17, 15) is 22.7 Å². The van der Waals surface area contributed by atoms with E-state index in [4.69, 9.17) is 4.74 Å². The topological polar surface area (TPSA) is 110 Å². The lowest BCUT2D eigenvalue weighted by molar-refractivity contribution is -0.161. The second kappa shape index (κ2) is 7.83. The summed E-state index contributed by atoms with van der Waals surface area (Å²) in [5, 5.41) is 10.1. The number of esters is 1. The Hall–Kier alpha value is -2.59. The van der Waals surface area contributed by atoms with Gasteiger partial charge in [-0.15, -0.1) is 0 Å². The molecule has 1 N–H and O–H groups in total. The number of anilines is 1. The van der Waals surface area contributed by atoms with E-state index >= 15 is 0 Å². The third-order valence-electron chi connectivity index (χ3n) is 5.93. The van der Waals surface area contributed by atoms with E-state index in [-0.39, 0.29) is 24.7 Å². The van der Waals surface area contributed by atoms with Crippen LogP contribution < -0.4 is 4.31 Å². The summed E-state index contributed by atoms with van der Waals surface area (Å²) in [5.41, 5.74) is 3.30. The van der Waals surface area contributed by atoms with Crippen LogP contribution >= 0.6 is 0 Å². The van der Waals surface area contributed by atoms with Gasteiger partial charge in [0.05, 0.1) is 24.5 Å². The highest BCUT2D eigenvalue weighted by molar-refractivity contribution is 7.92. The SMILES string of the molecule is CCc1nc(N(C)S(C)(=O)=O)nc2c1C[C@@H](C1CC(O)CC(=O)O1)c1cc(F)ccc1-2. The number of fused-ring (bicyclic) bond motifs is 3. The molecule has 2 aliphatic rings. The molecule has 0 amide bonds. The van der Waals surface area contributed by atoms with Crippen molar-refractivity contribution >= 4 is 21.9 Å². The van der Waals surface area contributed by atoms with E-state index in [0.717, 1.165) is 16.1 Å². The summed E-state index contributed by atoms with van der Waals surface area (Å²) in [6.07, 6.45) is 0.794. The predicted octanol–water partition coefficient (Wildman–Crippen LogP) is 1.95. The molecule has 1 saturated heterocycles. The second-order valence-corrected chi connectivity index (χ2v) is 10.1. The molecule has 0 saturated carbocycles. The molecule has 1 aliphatic heterocycles. The Morgan fingerprint density at radius 2 is 2.03 bits per heavy atom. The van der Waals surface area contributed by atoms with Crippen LogP contribution in [-0.4, -0.2) is 55.0 Å². The normalized spacial score (nSPS) is 23.0. The van der Waals surface area contributed by atoms with E-state index in [1.165, 1.54) is 19.2 Å². The largest absolute Gasteiger partial charge is 0.462 e. The van der Waals surface area contributed by atoms with Crippen molar-refractivity contribution in [2.45, 2.75) is 50.7 Å². The van der Waals surface area contributed by atoms with Gasteiger partial charge in [0, 0.05) is 36.2 Å². The van der Waals surface area contributed by atoms with Crippen LogP contribution in [0.3, 0.4) is 0 Å². The Bertz CT molecular complexity index is 1150. The minimum Gasteiger partial charge on any atom is -0.462 e. The molecule has 8 nitrogen and oxygen atoms in total. The standard InChI is InChI=1S/C21H24FN3O5S/c1-4-17-16-10-15(18-8-12(26)9-19(27)30-18)14-7-11(22)5-6-13(14)20(16)24-21(23-17)25(2)31(3,28)29/h5-7,12,15,18,26H,4,8-10H2,1-3H3/t12?,15-,18?/m1/s1. The number of halogens is 1. The van der Waals surface area contributed by atoms with Gasteiger partial charge in [0.1, 0.15) is 11.9 Å². The molecule has 0 radical (unpaired) electrons. The van der Waals surface area contributed by atoms with Crippen LogP contribution in [0.25, 0.3) is 11.3 Å². The number of aliphatic hydroxyl groups excluding tert-OH is 1. The maximum atomic E-state index is 14.2. The molecule has 0 spiro atoms. The van der Waals surface area contributed by atoms with Crippen molar-refractivity contribution in [3.05, 3.63) is 40.8 Å². The van der Waals surface area contributed by atoms with Gasteiger partial charge in [-0.25, -0.2) is 27.1 Å². The first-order valence-electron chi connectivity index (χ1n) is 10.1. The van der Waals surface area contributed by atoms with Crippen molar-refractivity contribution < 1.29 is 27.4 Å². The number of cyclic esters (lactones) is 1. The minimum absolute atomic E-state index is 0.0475. The Labute approximate surface area is 180 Å². The number of ether oxygens (including phenoxy) is 1. The van der Waals surface area contributed by atoms with Gasteiger partial charge < -0.3 is 9.84 Å². The molecule has 3 atom stereocenters. The highest BCUT2D eigenvalue weighted by Gasteiger charge is 2.39. The van der Waals surface area contributed by atoms with Crippen molar-refractivity contribution in [3.63, 3.8) is 0 Å². The van der Waals surface area contributed by atoms with Gasteiger partial charge in [-0.05, 0) is 36.6 Å². The molecule has 10 heteroatoms. The van der Waals surface area contributed by atoms with Crippen LogP contribution in [0.15, 0.2) is 18.2 Å². The molecule has 31 heavy (non-hydrogen) atoms. The number of carbonyl (C=O) groups is 1. The van der Waals surface area contributed by atoms with Crippen molar-refractivity contribution in [1.82, 2.24) is 9.97 Å². The number of carbonyl (C=O) groups excluding carboxylic acids is 1. The smallest absolute Gasteiger partial charge is 0.308 e. The highest BCUT2D eigenvalue weighted by Crippen LogP contribution is 2.44. The summed E-state index contributed by atoms with van der Waals surface area (Å²) in [4.78, 5) is 20.9. The summed E-state index contributed by atoms with van der Waals surface area (Å²) in [6, 6.07) is 4.32. The molecule has 0 bridgehead atoms. The van der Waals surface area contributed by atoms with Gasteiger partial charge >= 0.3 is 5.97 Å². The Kier molecular flexibility index (Phi) is 5.47. The molecule has 166 valence electrons. The first kappa shape index (κ1) is 21.6. The number of sulfonamides is 1. The molecular weight excluding hydrogens is 425 g/mol. The zero-order chi connectivity index (χ0) is 22.5. The number of benzene rings is 1. The van der Waals surface area contributed by atoms with Crippen LogP contribution in [0.1, 0.15) is 42.5 Å². The Balaban J connectivity index is 1.88. The minimum atomic E-state index is -3.57. The molecule has 1 aromatic carbocycles. The fourth-order valence-electron chi connectivity index (χ4n) is 4.31. The number of aryl methyl sites for hydroxylation is 1. The Morgan fingerprint density at radius 1 is 1.29 bits per heavy atom. The monoisotopic (exact) mass is 449 g/mol. The van der Waals surface area contributed by atoms with Crippen LogP contribution in [0.2, 0.25) is 0 Å². The summed E-state index contributed by atoms with van der Waals surface area (Å²) < 4.78 is 44.8. The van der Waals surface area contributed by atoms with Crippen LogP contribution in [-0.2, 0) is 32.4 Å². The maximum absolute atomic E-state index is 14.2. The zero-order valence-corrected chi connectivity index (χ0v) is 18.3. The lowest BCUT2D eigenvalue weighted by Crippen LogP contribution is -2.38. The van der Waals surface area contributed by atoms with Crippen LogP contribution in [0.5, 0.6) is 0 Å². The van der Waals surface area contributed by atoms with Gasteiger partial charge in [-0.2, -0.15) is 0 Å². The van der Waals surface area contributed by atoms with Crippen molar-refractivity contribution in [3.8, 4) is 11.3 Å². The lowest BCUT2D eigenvalue weighted by Gasteiger charge is -2.36. The fraction of sp³-hybridized carbons (Fsp3) is 0.476. The average Bonchev–Trinajstić information content (AvgIpc) is 2.70. The molecule has 4 rings (SSSR count). The maximum Gasteiger partial charge on any atom is 0.308 e. The molecule has 1 aromatic heterocycles. The zero-order valence-electron chi connectivity index (χ0n) is 17.5. The molecule has 1 fully saturated rings. The van der Waals surface area contributed by atoms with Crippen LogP contribution in [0, 0.1) is 5.82 Å². The first-order valence-corrected chi connectivity index (χ1v) is 11.9. The van der Waals surface area contributed by atoms with E-state index < -0.39 is 34.0 Å². The number of aromatic nitrogens is 2. The third-order valence-corrected chi connectivity index (χ3v) is 7.08. The number of nitrogens with zero attached hydrogens (tertiary/aromatic N) is 3. The molecular formula is C21H24FN3O5S. The summed E-state index contributed by atoms with van der Waals surface area (Å²) in [5.74, 6) is -1.24. The second-order valence-electron chi connectivity index (χ2n) is 8.05. The molecule has 1 aliphatic carbocycles. The summed E-state index contributed by atoms with van der Waals surface area (Å²) >= 11 is 0. The van der Waals surface area contributed by atoms with E-state index in [0.29, 0.717) is 35.4 Å². The predicted molar refractivity (Wildman–Crippen MR) is 112 cm³/mol. The summed E-state index contributed by atoms with van der Waals surface area (Å²) in [6.45, 7) is 1.91. The quantitative estimate of drug-likeness (QED) is 0.711. The highest BCUT2D eigenvalue weighted by atomic mass is 32.2. The third kappa shape index (κ3) is 4.01. The van der Waals surface area contributed by atoms with E-state index in [1.54, 1.807) is 6.07 Å². The van der Waals surface area contributed by atoms with Gasteiger partial charge in [-0.1, -0.05) is 6.92 Å². The van der Waals surface area contributed by atoms with E-state index in [2.05, 4.69) is 9.97 Å². The van der Waals surface area contributed by atoms with Gasteiger partial charge in [0.25, 0.3) is 0 Å². The fourth-order valence-corrected chi connectivity index (χ4v) is 4.69. The Morgan fingerprint density at radius 3 is 2.68 bits per heavy atom. The number of hydrogen-bond acceptors (Lipinski definition) is 7.